The van der Waals surface area contributed by atoms with Crippen molar-refractivity contribution in [1.82, 2.24) is 0 Å². The van der Waals surface area contributed by atoms with E-state index in [9.17, 15) is 0 Å². The zero-order chi connectivity index (χ0) is 20.7. The lowest BCUT2D eigenvalue weighted by atomic mass is 9.85. The summed E-state index contributed by atoms with van der Waals surface area (Å²) in [6, 6.07) is 24.7. The predicted molar refractivity (Wildman–Crippen MR) is 124 cm³/mol. The molecule has 0 unspecified atom stereocenters. The van der Waals surface area contributed by atoms with E-state index < -0.39 is 0 Å². The summed E-state index contributed by atoms with van der Waals surface area (Å²) in [4.78, 5) is 0. The molecule has 0 radical (unpaired) electrons. The van der Waals surface area contributed by atoms with Gasteiger partial charge >= 0.3 is 0 Å². The van der Waals surface area contributed by atoms with Crippen LogP contribution in [0.25, 0.3) is 43.8 Å². The van der Waals surface area contributed by atoms with E-state index in [0.29, 0.717) is 0 Å². The van der Waals surface area contributed by atoms with Gasteiger partial charge in [0.1, 0.15) is 14.1 Å². The van der Waals surface area contributed by atoms with Gasteiger partial charge in [-0.05, 0) is 55.8 Å². The summed E-state index contributed by atoms with van der Waals surface area (Å²) in [6.45, 7) is 2.22. The Hall–Kier alpha value is -3.52. The average molecular weight is 391 g/mol. The van der Waals surface area contributed by atoms with Gasteiger partial charge in [-0.2, -0.15) is 0 Å². The number of rotatable bonds is 3. The highest BCUT2D eigenvalue weighted by Crippen LogP contribution is 2.43. The Morgan fingerprint density at radius 1 is 0.567 bits per heavy atom. The fourth-order valence-electron chi connectivity index (χ4n) is 4.40. The lowest BCUT2D eigenvalue weighted by molar-refractivity contribution is -0.671. The van der Waals surface area contributed by atoms with Crippen LogP contribution in [0, 0.1) is 0 Å². The molecule has 0 fully saturated rings. The highest BCUT2D eigenvalue weighted by Gasteiger charge is 2.17. The van der Waals surface area contributed by atoms with Gasteiger partial charge in [-0.25, -0.2) is 9.13 Å². The van der Waals surface area contributed by atoms with Crippen LogP contribution < -0.4 is 9.13 Å². The number of aromatic nitrogens is 2. The predicted octanol–water partition coefficient (Wildman–Crippen LogP) is 5.54. The van der Waals surface area contributed by atoms with Crippen molar-refractivity contribution in [2.75, 3.05) is 0 Å². The Kier molecular flexibility index (Phi) is 4.55. The monoisotopic (exact) mass is 390 g/mol. The zero-order valence-corrected chi connectivity index (χ0v) is 17.8. The summed E-state index contributed by atoms with van der Waals surface area (Å²) in [7, 11) is 4.12. The van der Waals surface area contributed by atoms with E-state index in [0.717, 1.165) is 6.42 Å². The molecule has 0 saturated carbocycles. The second-order valence-electron chi connectivity index (χ2n) is 8.03. The molecule has 30 heavy (non-hydrogen) atoms. The third-order valence-electron chi connectivity index (χ3n) is 6.03. The molecular weight excluding hydrogens is 364 g/mol. The van der Waals surface area contributed by atoms with Crippen molar-refractivity contribution in [3.63, 3.8) is 0 Å². The lowest BCUT2D eigenvalue weighted by Crippen LogP contribution is -2.25. The van der Waals surface area contributed by atoms with Crippen molar-refractivity contribution in [3.8, 4) is 22.3 Å². The molecule has 5 aromatic rings. The zero-order valence-electron chi connectivity index (χ0n) is 17.8. The van der Waals surface area contributed by atoms with Crippen LogP contribution in [-0.2, 0) is 20.5 Å². The highest BCUT2D eigenvalue weighted by atomic mass is 14.9. The smallest absolute Gasteiger partial charge is 0.169 e. The van der Waals surface area contributed by atoms with Crippen LogP contribution in [0.15, 0.2) is 91.5 Å². The van der Waals surface area contributed by atoms with E-state index in [-0.39, 0.29) is 0 Å². The Morgan fingerprint density at radius 3 is 1.53 bits per heavy atom. The Balaban J connectivity index is 1.97. The topological polar surface area (TPSA) is 7.76 Å². The van der Waals surface area contributed by atoms with E-state index in [1.165, 1.54) is 49.4 Å². The van der Waals surface area contributed by atoms with Crippen molar-refractivity contribution < 1.29 is 9.13 Å². The maximum Gasteiger partial charge on any atom is 0.169 e. The Labute approximate surface area is 177 Å². The van der Waals surface area contributed by atoms with Gasteiger partial charge in [-0.3, -0.25) is 0 Å². The minimum absolute atomic E-state index is 1.03. The van der Waals surface area contributed by atoms with Crippen LogP contribution in [0.4, 0.5) is 0 Å². The molecule has 2 nitrogen and oxygen atoms in total. The maximum absolute atomic E-state index is 2.39. The van der Waals surface area contributed by atoms with Gasteiger partial charge in [0.25, 0.3) is 0 Å². The second kappa shape index (κ2) is 7.38. The molecular formula is C28H26N2+2. The molecule has 0 saturated heterocycles. The Morgan fingerprint density at radius 2 is 1.03 bits per heavy atom. The number of aryl methyl sites for hydroxylation is 3. The minimum Gasteiger partial charge on any atom is -0.208 e. The summed E-state index contributed by atoms with van der Waals surface area (Å²) in [5, 5.41) is 5.23. The number of benzene rings is 3. The third kappa shape index (κ3) is 3.05. The number of hydrogen-bond donors (Lipinski definition) is 0. The van der Waals surface area contributed by atoms with Crippen LogP contribution in [0.3, 0.4) is 0 Å². The maximum atomic E-state index is 2.39. The van der Waals surface area contributed by atoms with Gasteiger partial charge in [-0.15, -0.1) is 0 Å². The number of fused-ring (bicyclic) bond motifs is 2. The van der Waals surface area contributed by atoms with Crippen molar-refractivity contribution in [2.24, 2.45) is 14.1 Å². The average Bonchev–Trinajstić information content (AvgIpc) is 2.78. The van der Waals surface area contributed by atoms with Crippen LogP contribution in [0.5, 0.6) is 0 Å². The summed E-state index contributed by atoms with van der Waals surface area (Å²) in [6.07, 6.45) is 9.54. The van der Waals surface area contributed by atoms with E-state index in [1.54, 1.807) is 0 Å². The molecule has 0 aliphatic rings. The molecule has 0 bridgehead atoms. The normalized spacial score (nSPS) is 11.3. The third-order valence-corrected chi connectivity index (χ3v) is 6.03. The molecule has 146 valence electrons. The fourth-order valence-corrected chi connectivity index (χ4v) is 4.40. The number of hydrogen-bond acceptors (Lipinski definition) is 0. The molecule has 2 aromatic heterocycles. The van der Waals surface area contributed by atoms with Crippen LogP contribution in [0.2, 0.25) is 0 Å². The first-order valence-electron chi connectivity index (χ1n) is 10.5. The summed E-state index contributed by atoms with van der Waals surface area (Å²) in [5.41, 5.74) is 6.51. The quantitative estimate of drug-likeness (QED) is 0.282. The molecule has 0 aliphatic carbocycles. The van der Waals surface area contributed by atoms with Crippen molar-refractivity contribution in [1.29, 1.82) is 0 Å². The first-order valence-corrected chi connectivity index (χ1v) is 10.5. The summed E-state index contributed by atoms with van der Waals surface area (Å²) < 4.78 is 4.17. The van der Waals surface area contributed by atoms with Gasteiger partial charge in [0.15, 0.2) is 24.8 Å². The molecule has 2 heterocycles. The number of pyridine rings is 2. The lowest BCUT2D eigenvalue weighted by Gasteiger charge is -2.18. The van der Waals surface area contributed by atoms with Crippen LogP contribution in [0.1, 0.15) is 12.5 Å². The van der Waals surface area contributed by atoms with Gasteiger partial charge in [-0.1, -0.05) is 49.4 Å². The van der Waals surface area contributed by atoms with Gasteiger partial charge < -0.3 is 0 Å². The summed E-state index contributed by atoms with van der Waals surface area (Å²) in [5.74, 6) is 0. The summed E-state index contributed by atoms with van der Waals surface area (Å²) >= 11 is 0. The van der Waals surface area contributed by atoms with Gasteiger partial charge in [0.2, 0.25) is 0 Å². The van der Waals surface area contributed by atoms with E-state index in [1.807, 2.05) is 0 Å². The standard InChI is InChI=1S/C28H26N2/c1-4-20-9-10-25-26(19-20)28(22-13-17-30(3)18-14-22)24-8-6-5-7-23(24)27(25)21-11-15-29(2)16-12-21/h5-19H,4H2,1-3H3/q+2. The van der Waals surface area contributed by atoms with Gasteiger partial charge in [0.05, 0.1) is 0 Å². The molecule has 0 amide bonds. The first-order chi connectivity index (χ1) is 14.7. The minimum atomic E-state index is 1.03. The van der Waals surface area contributed by atoms with E-state index in [2.05, 4.69) is 122 Å². The molecule has 2 heteroatoms. The number of nitrogens with zero attached hydrogens (tertiary/aromatic N) is 2. The molecule has 3 aromatic carbocycles. The van der Waals surface area contributed by atoms with Crippen LogP contribution in [-0.4, -0.2) is 0 Å². The second-order valence-corrected chi connectivity index (χ2v) is 8.03. The fraction of sp³-hybridized carbons (Fsp3) is 0.143. The van der Waals surface area contributed by atoms with Crippen molar-refractivity contribution in [2.45, 2.75) is 13.3 Å². The highest BCUT2D eigenvalue weighted by molar-refractivity contribution is 6.21. The molecule has 0 spiro atoms. The van der Waals surface area contributed by atoms with E-state index in [4.69, 9.17) is 0 Å². The van der Waals surface area contributed by atoms with Crippen LogP contribution >= 0.6 is 0 Å². The molecule has 5 rings (SSSR count). The van der Waals surface area contributed by atoms with Crippen molar-refractivity contribution in [3.05, 3.63) is 97.1 Å². The largest absolute Gasteiger partial charge is 0.208 e. The molecule has 0 N–H and O–H groups in total. The van der Waals surface area contributed by atoms with Crippen molar-refractivity contribution >= 4 is 21.5 Å². The molecule has 0 atom stereocenters. The Bertz CT molecular complexity index is 1360. The molecule has 0 aliphatic heterocycles. The van der Waals surface area contributed by atoms with Gasteiger partial charge in [0, 0.05) is 24.3 Å². The van der Waals surface area contributed by atoms with E-state index >= 15 is 0 Å². The SMILES string of the molecule is CCc1ccc2c(-c3cc[n+](C)cc3)c3ccccc3c(-c3cc[n+](C)cc3)c2c1. The first kappa shape index (κ1) is 18.5.